The minimum Gasteiger partial charge on any atom is -0.480 e. The summed E-state index contributed by atoms with van der Waals surface area (Å²) in [5.74, 6) is -1.12. The summed E-state index contributed by atoms with van der Waals surface area (Å²) in [5, 5.41) is 11.1. The van der Waals surface area contributed by atoms with E-state index in [-0.39, 0.29) is 10.9 Å². The number of benzene rings is 2. The van der Waals surface area contributed by atoms with Gasteiger partial charge < -0.3 is 10.0 Å². The Kier molecular flexibility index (Phi) is 5.95. The molecule has 3 rings (SSSR count). The van der Waals surface area contributed by atoms with Crippen molar-refractivity contribution in [3.05, 3.63) is 36.4 Å². The standard InChI is InChI=1S/C21H28N2O4S/c1-15(21(24)25)23(16-9-5-4-6-10-16)28(26,27)20-14-8-11-17-18(20)12-7-13-19(17)22(2)3/h7-8,11-16H,4-6,9-10H2,1-3H3,(H,24,25)/t15-/m0/s1. The number of aliphatic carboxylic acids is 1. The summed E-state index contributed by atoms with van der Waals surface area (Å²) < 4.78 is 28.7. The van der Waals surface area contributed by atoms with E-state index in [9.17, 15) is 18.3 Å². The summed E-state index contributed by atoms with van der Waals surface area (Å²) in [5.41, 5.74) is 0.921. The SMILES string of the molecule is C[C@@H](C(=O)O)N(C1CCCCC1)S(=O)(=O)c1cccc2c(N(C)C)cccc12. The topological polar surface area (TPSA) is 77.9 Å². The monoisotopic (exact) mass is 404 g/mol. The van der Waals surface area contributed by atoms with Gasteiger partial charge in [0, 0.05) is 36.6 Å². The number of anilines is 1. The van der Waals surface area contributed by atoms with Crippen LogP contribution in [0.4, 0.5) is 5.69 Å². The predicted octanol–water partition coefficient (Wildman–Crippen LogP) is 3.70. The van der Waals surface area contributed by atoms with Crippen molar-refractivity contribution in [2.75, 3.05) is 19.0 Å². The number of carbonyl (C=O) groups is 1. The van der Waals surface area contributed by atoms with Crippen molar-refractivity contribution in [2.45, 2.75) is 56.0 Å². The zero-order valence-corrected chi connectivity index (χ0v) is 17.4. The van der Waals surface area contributed by atoms with Crippen molar-refractivity contribution in [1.82, 2.24) is 4.31 Å². The first-order valence-electron chi connectivity index (χ1n) is 9.70. The maximum atomic E-state index is 13.7. The highest BCUT2D eigenvalue weighted by Gasteiger charge is 2.39. The van der Waals surface area contributed by atoms with E-state index in [0.717, 1.165) is 30.3 Å². The molecule has 152 valence electrons. The van der Waals surface area contributed by atoms with Crippen LogP contribution in [0.5, 0.6) is 0 Å². The first kappa shape index (κ1) is 20.6. The number of hydrogen-bond donors (Lipinski definition) is 1. The molecule has 0 heterocycles. The van der Waals surface area contributed by atoms with Crippen LogP contribution in [0, 0.1) is 0 Å². The molecule has 2 aromatic carbocycles. The zero-order chi connectivity index (χ0) is 20.5. The third-order valence-electron chi connectivity index (χ3n) is 5.57. The number of hydrogen-bond acceptors (Lipinski definition) is 4. The zero-order valence-electron chi connectivity index (χ0n) is 16.6. The smallest absolute Gasteiger partial charge is 0.321 e. The molecule has 1 aliphatic carbocycles. The highest BCUT2D eigenvalue weighted by molar-refractivity contribution is 7.89. The van der Waals surface area contributed by atoms with Crippen LogP contribution in [0.2, 0.25) is 0 Å². The van der Waals surface area contributed by atoms with E-state index >= 15 is 0 Å². The molecule has 7 heteroatoms. The van der Waals surface area contributed by atoms with Crippen LogP contribution in [0.15, 0.2) is 41.3 Å². The first-order chi connectivity index (χ1) is 13.2. The van der Waals surface area contributed by atoms with Crippen LogP contribution in [0.3, 0.4) is 0 Å². The average molecular weight is 405 g/mol. The fraction of sp³-hybridized carbons (Fsp3) is 0.476. The summed E-state index contributed by atoms with van der Waals surface area (Å²) in [6.45, 7) is 1.46. The number of carboxylic acid groups (broad SMARTS) is 1. The maximum absolute atomic E-state index is 13.7. The minimum absolute atomic E-state index is 0.173. The second kappa shape index (κ2) is 8.09. The molecule has 1 saturated carbocycles. The molecule has 0 saturated heterocycles. The fourth-order valence-corrected chi connectivity index (χ4v) is 6.20. The quantitative estimate of drug-likeness (QED) is 0.794. The van der Waals surface area contributed by atoms with E-state index in [2.05, 4.69) is 0 Å². The number of nitrogens with zero attached hydrogens (tertiary/aromatic N) is 2. The molecule has 0 unspecified atom stereocenters. The van der Waals surface area contributed by atoms with Crippen molar-refractivity contribution in [1.29, 1.82) is 0 Å². The van der Waals surface area contributed by atoms with Gasteiger partial charge in [-0.2, -0.15) is 4.31 Å². The molecule has 1 aliphatic rings. The molecule has 0 spiro atoms. The molecule has 0 radical (unpaired) electrons. The lowest BCUT2D eigenvalue weighted by Crippen LogP contribution is -2.49. The van der Waals surface area contributed by atoms with Gasteiger partial charge in [0.05, 0.1) is 4.90 Å². The van der Waals surface area contributed by atoms with Gasteiger partial charge in [0.2, 0.25) is 10.0 Å². The van der Waals surface area contributed by atoms with Crippen LogP contribution in [-0.4, -0.2) is 50.0 Å². The minimum atomic E-state index is -3.98. The van der Waals surface area contributed by atoms with Gasteiger partial charge in [0.15, 0.2) is 0 Å². The third kappa shape index (κ3) is 3.73. The van der Waals surface area contributed by atoms with Gasteiger partial charge in [-0.3, -0.25) is 4.79 Å². The largest absolute Gasteiger partial charge is 0.480 e. The fourth-order valence-electron chi connectivity index (χ4n) is 4.16. The molecule has 0 amide bonds. The normalized spacial score (nSPS) is 17.0. The Labute approximate surface area is 166 Å². The molecular formula is C21H28N2O4S. The predicted molar refractivity (Wildman–Crippen MR) is 111 cm³/mol. The Bertz CT molecular complexity index is 966. The second-order valence-electron chi connectivity index (χ2n) is 7.66. The summed E-state index contributed by atoms with van der Waals surface area (Å²) in [6, 6.07) is 9.39. The first-order valence-corrected chi connectivity index (χ1v) is 11.1. The summed E-state index contributed by atoms with van der Waals surface area (Å²) in [6.07, 6.45) is 4.30. The van der Waals surface area contributed by atoms with Gasteiger partial charge in [-0.05, 0) is 31.9 Å². The van der Waals surface area contributed by atoms with E-state index in [1.807, 2.05) is 37.2 Å². The summed E-state index contributed by atoms with van der Waals surface area (Å²) in [4.78, 5) is 13.9. The van der Waals surface area contributed by atoms with Crippen LogP contribution >= 0.6 is 0 Å². The molecule has 1 N–H and O–H groups in total. The number of rotatable bonds is 6. The van der Waals surface area contributed by atoms with E-state index in [0.29, 0.717) is 18.2 Å². The van der Waals surface area contributed by atoms with Gasteiger partial charge in [-0.1, -0.05) is 43.5 Å². The molecule has 1 atom stereocenters. The molecule has 2 aromatic rings. The lowest BCUT2D eigenvalue weighted by molar-refractivity contribution is -0.141. The lowest BCUT2D eigenvalue weighted by Gasteiger charge is -2.36. The van der Waals surface area contributed by atoms with Gasteiger partial charge in [0.25, 0.3) is 0 Å². The Morgan fingerprint density at radius 3 is 2.25 bits per heavy atom. The molecule has 6 nitrogen and oxygen atoms in total. The Morgan fingerprint density at radius 1 is 1.04 bits per heavy atom. The van der Waals surface area contributed by atoms with E-state index in [1.165, 1.54) is 11.2 Å². The molecule has 0 aliphatic heterocycles. The maximum Gasteiger partial charge on any atom is 0.321 e. The Balaban J connectivity index is 2.18. The van der Waals surface area contributed by atoms with Gasteiger partial charge in [-0.15, -0.1) is 0 Å². The van der Waals surface area contributed by atoms with E-state index in [4.69, 9.17) is 0 Å². The highest BCUT2D eigenvalue weighted by Crippen LogP contribution is 2.35. The van der Waals surface area contributed by atoms with Crippen LogP contribution in [-0.2, 0) is 14.8 Å². The molecule has 0 aromatic heterocycles. The van der Waals surface area contributed by atoms with Crippen molar-refractivity contribution in [3.63, 3.8) is 0 Å². The van der Waals surface area contributed by atoms with Gasteiger partial charge in [0.1, 0.15) is 6.04 Å². The summed E-state index contributed by atoms with van der Waals surface area (Å²) >= 11 is 0. The van der Waals surface area contributed by atoms with Crippen molar-refractivity contribution in [2.24, 2.45) is 0 Å². The Hall–Kier alpha value is -2.12. The van der Waals surface area contributed by atoms with Crippen molar-refractivity contribution >= 4 is 32.5 Å². The highest BCUT2D eigenvalue weighted by atomic mass is 32.2. The van der Waals surface area contributed by atoms with Crippen LogP contribution < -0.4 is 4.90 Å². The van der Waals surface area contributed by atoms with Crippen LogP contribution in [0.1, 0.15) is 39.0 Å². The van der Waals surface area contributed by atoms with Gasteiger partial charge in [-0.25, -0.2) is 8.42 Å². The number of carboxylic acids is 1. The molecule has 0 bridgehead atoms. The summed E-state index contributed by atoms with van der Waals surface area (Å²) in [7, 11) is -0.153. The third-order valence-corrected chi connectivity index (χ3v) is 7.65. The van der Waals surface area contributed by atoms with Crippen molar-refractivity contribution in [3.8, 4) is 0 Å². The molecular weight excluding hydrogens is 376 g/mol. The molecule has 1 fully saturated rings. The number of fused-ring (bicyclic) bond motifs is 1. The Morgan fingerprint density at radius 2 is 1.64 bits per heavy atom. The van der Waals surface area contributed by atoms with Crippen molar-refractivity contribution < 1.29 is 18.3 Å². The average Bonchev–Trinajstić information content (AvgIpc) is 2.67. The van der Waals surface area contributed by atoms with E-state index < -0.39 is 22.0 Å². The van der Waals surface area contributed by atoms with Gasteiger partial charge >= 0.3 is 5.97 Å². The molecule has 28 heavy (non-hydrogen) atoms. The lowest BCUT2D eigenvalue weighted by atomic mass is 9.95. The second-order valence-corrected chi connectivity index (χ2v) is 9.48. The van der Waals surface area contributed by atoms with Crippen LogP contribution in [0.25, 0.3) is 10.8 Å². The number of sulfonamides is 1. The van der Waals surface area contributed by atoms with E-state index in [1.54, 1.807) is 18.2 Å².